The number of halogens is 1. The summed E-state index contributed by atoms with van der Waals surface area (Å²) in [5.74, 6) is 0.0564. The van der Waals surface area contributed by atoms with E-state index < -0.39 is 10.9 Å². The molecule has 0 aliphatic carbocycles. The normalized spacial score (nSPS) is 14.3. The van der Waals surface area contributed by atoms with Gasteiger partial charge in [-0.05, 0) is 49.3 Å². The number of esters is 1. The van der Waals surface area contributed by atoms with Crippen molar-refractivity contribution < 1.29 is 23.9 Å². The molecule has 0 saturated heterocycles. The van der Waals surface area contributed by atoms with Gasteiger partial charge in [0.2, 0.25) is 5.90 Å². The van der Waals surface area contributed by atoms with Crippen molar-refractivity contribution in [3.05, 3.63) is 80.0 Å². The van der Waals surface area contributed by atoms with Gasteiger partial charge in [-0.1, -0.05) is 24.2 Å². The van der Waals surface area contributed by atoms with E-state index in [0.29, 0.717) is 28.2 Å². The third-order valence-corrected chi connectivity index (χ3v) is 4.65. The molecule has 1 aliphatic heterocycles. The van der Waals surface area contributed by atoms with Crippen molar-refractivity contribution in [1.82, 2.24) is 0 Å². The third kappa shape index (κ3) is 4.75. The van der Waals surface area contributed by atoms with E-state index in [2.05, 4.69) is 11.6 Å². The Hall–Kier alpha value is -3.65. The van der Waals surface area contributed by atoms with E-state index in [1.165, 1.54) is 25.3 Å². The zero-order valence-electron chi connectivity index (χ0n) is 17.1. The summed E-state index contributed by atoms with van der Waals surface area (Å²) in [6.45, 7) is 7.45. The Morgan fingerprint density at radius 2 is 2.13 bits per heavy atom. The van der Waals surface area contributed by atoms with Crippen LogP contribution in [-0.2, 0) is 9.53 Å². The number of aliphatic imine (C=N–C) groups is 1. The van der Waals surface area contributed by atoms with Crippen LogP contribution in [0.5, 0.6) is 11.5 Å². The van der Waals surface area contributed by atoms with Crippen molar-refractivity contribution in [2.75, 3.05) is 13.7 Å². The van der Waals surface area contributed by atoms with Crippen LogP contribution in [0, 0.1) is 17.0 Å². The number of cyclic esters (lactones) is 1. The molecule has 2 aromatic rings. The smallest absolute Gasteiger partial charge is 0.363 e. The van der Waals surface area contributed by atoms with Crippen molar-refractivity contribution in [1.29, 1.82) is 0 Å². The van der Waals surface area contributed by atoms with Gasteiger partial charge in [-0.15, -0.1) is 0 Å². The molecule has 160 valence electrons. The summed E-state index contributed by atoms with van der Waals surface area (Å²) >= 11 is 6.33. The number of benzene rings is 2. The molecule has 8 nitrogen and oxygen atoms in total. The van der Waals surface area contributed by atoms with Crippen LogP contribution in [0.1, 0.15) is 23.6 Å². The standard InChI is InChI=1S/C22H19ClN2O6/c1-12(2)11-30-20-16(23)8-14(10-19(20)29-4)9-17-22(26)31-21(24-17)15-6-5-7-18(13(15)3)25(27)28/h5-10H,1,11H2,2-4H3/b17-9-. The van der Waals surface area contributed by atoms with Gasteiger partial charge in [-0.25, -0.2) is 9.79 Å². The summed E-state index contributed by atoms with van der Waals surface area (Å²) in [6, 6.07) is 7.73. The molecule has 0 spiro atoms. The van der Waals surface area contributed by atoms with E-state index in [9.17, 15) is 14.9 Å². The molecule has 0 bridgehead atoms. The highest BCUT2D eigenvalue weighted by Crippen LogP contribution is 2.37. The molecular weight excluding hydrogens is 424 g/mol. The molecule has 0 atom stereocenters. The minimum atomic E-state index is -0.682. The number of methoxy groups -OCH3 is 1. The summed E-state index contributed by atoms with van der Waals surface area (Å²) < 4.78 is 16.2. The number of carbonyl (C=O) groups excluding carboxylic acids is 1. The van der Waals surface area contributed by atoms with Crippen LogP contribution < -0.4 is 9.47 Å². The molecule has 1 heterocycles. The molecule has 0 saturated carbocycles. The minimum Gasteiger partial charge on any atom is -0.493 e. The van der Waals surface area contributed by atoms with Gasteiger partial charge in [0.15, 0.2) is 17.2 Å². The first-order valence-corrected chi connectivity index (χ1v) is 9.50. The van der Waals surface area contributed by atoms with E-state index in [4.69, 9.17) is 25.8 Å². The lowest BCUT2D eigenvalue weighted by atomic mass is 10.1. The van der Waals surface area contributed by atoms with Crippen LogP contribution in [0.2, 0.25) is 5.02 Å². The quantitative estimate of drug-likeness (QED) is 0.199. The summed E-state index contributed by atoms with van der Waals surface area (Å²) in [5.41, 5.74) is 2.01. The molecule has 2 aromatic carbocycles. The second kappa shape index (κ2) is 9.01. The topological polar surface area (TPSA) is 100 Å². The second-order valence-corrected chi connectivity index (χ2v) is 7.23. The molecule has 0 fully saturated rings. The number of carbonyl (C=O) groups is 1. The first kappa shape index (κ1) is 22.0. The Bertz CT molecular complexity index is 1150. The van der Waals surface area contributed by atoms with Gasteiger partial charge < -0.3 is 14.2 Å². The Labute approximate surface area is 183 Å². The number of hydrogen-bond donors (Lipinski definition) is 0. The molecule has 1 aliphatic rings. The van der Waals surface area contributed by atoms with Gasteiger partial charge in [0.25, 0.3) is 5.69 Å². The molecule has 3 rings (SSSR count). The number of ether oxygens (including phenoxy) is 3. The fourth-order valence-electron chi connectivity index (χ4n) is 2.89. The summed E-state index contributed by atoms with van der Waals surface area (Å²) in [5, 5.41) is 11.5. The zero-order chi connectivity index (χ0) is 22.7. The van der Waals surface area contributed by atoms with Gasteiger partial charge >= 0.3 is 5.97 Å². The number of nitrogens with zero attached hydrogens (tertiary/aromatic N) is 2. The fourth-order valence-corrected chi connectivity index (χ4v) is 3.17. The van der Waals surface area contributed by atoms with Crippen molar-refractivity contribution in [3.8, 4) is 11.5 Å². The van der Waals surface area contributed by atoms with Crippen molar-refractivity contribution in [2.24, 2.45) is 4.99 Å². The van der Waals surface area contributed by atoms with E-state index in [1.807, 2.05) is 6.92 Å². The van der Waals surface area contributed by atoms with E-state index in [0.717, 1.165) is 5.57 Å². The SMILES string of the molecule is C=C(C)COc1c(Cl)cc(/C=C2\N=C(c3cccc([N+](=O)[O-])c3C)OC2=O)cc1OC. The van der Waals surface area contributed by atoms with Crippen molar-refractivity contribution in [2.45, 2.75) is 13.8 Å². The minimum absolute atomic E-state index is 0.00285. The molecule has 0 radical (unpaired) electrons. The lowest BCUT2D eigenvalue weighted by molar-refractivity contribution is -0.385. The third-order valence-electron chi connectivity index (χ3n) is 4.37. The summed E-state index contributed by atoms with van der Waals surface area (Å²) in [6.07, 6.45) is 1.49. The van der Waals surface area contributed by atoms with Gasteiger partial charge in [0.1, 0.15) is 6.61 Å². The van der Waals surface area contributed by atoms with Gasteiger partial charge in [0.05, 0.1) is 17.1 Å². The Morgan fingerprint density at radius 3 is 2.77 bits per heavy atom. The molecular formula is C22H19ClN2O6. The van der Waals surface area contributed by atoms with Crippen LogP contribution in [0.15, 0.2) is 53.2 Å². The van der Waals surface area contributed by atoms with Crippen molar-refractivity contribution in [3.63, 3.8) is 0 Å². The van der Waals surface area contributed by atoms with Gasteiger partial charge in [-0.2, -0.15) is 0 Å². The monoisotopic (exact) mass is 442 g/mol. The molecule has 0 aromatic heterocycles. The average Bonchev–Trinajstić information content (AvgIpc) is 3.06. The molecule has 0 amide bonds. The summed E-state index contributed by atoms with van der Waals surface area (Å²) in [4.78, 5) is 27.2. The predicted octanol–water partition coefficient (Wildman–Crippen LogP) is 4.86. The Morgan fingerprint density at radius 1 is 1.39 bits per heavy atom. The number of hydrogen-bond acceptors (Lipinski definition) is 7. The molecule has 9 heteroatoms. The van der Waals surface area contributed by atoms with Crippen LogP contribution in [-0.4, -0.2) is 30.5 Å². The van der Waals surface area contributed by atoms with E-state index in [1.54, 1.807) is 25.1 Å². The van der Waals surface area contributed by atoms with Crippen molar-refractivity contribution >= 4 is 35.2 Å². The van der Waals surface area contributed by atoms with Crippen LogP contribution >= 0.6 is 11.6 Å². The highest BCUT2D eigenvalue weighted by atomic mass is 35.5. The van der Waals surface area contributed by atoms with Crippen LogP contribution in [0.25, 0.3) is 6.08 Å². The Kier molecular flexibility index (Phi) is 6.41. The fraction of sp³-hybridized carbons (Fsp3) is 0.182. The van der Waals surface area contributed by atoms with Crippen LogP contribution in [0.4, 0.5) is 5.69 Å². The first-order valence-electron chi connectivity index (χ1n) is 9.13. The summed E-state index contributed by atoms with van der Waals surface area (Å²) in [7, 11) is 1.47. The molecule has 31 heavy (non-hydrogen) atoms. The maximum atomic E-state index is 12.3. The number of rotatable bonds is 7. The maximum absolute atomic E-state index is 12.3. The second-order valence-electron chi connectivity index (χ2n) is 6.82. The number of nitro benzene ring substituents is 1. The largest absolute Gasteiger partial charge is 0.493 e. The van der Waals surface area contributed by atoms with Crippen LogP contribution in [0.3, 0.4) is 0 Å². The maximum Gasteiger partial charge on any atom is 0.363 e. The highest BCUT2D eigenvalue weighted by Gasteiger charge is 2.27. The van der Waals surface area contributed by atoms with E-state index >= 15 is 0 Å². The average molecular weight is 443 g/mol. The van der Waals surface area contributed by atoms with Gasteiger partial charge in [-0.3, -0.25) is 10.1 Å². The van der Waals surface area contributed by atoms with E-state index in [-0.39, 0.29) is 28.9 Å². The van der Waals surface area contributed by atoms with Gasteiger partial charge in [0, 0.05) is 17.2 Å². The Balaban J connectivity index is 1.97. The predicted molar refractivity (Wildman–Crippen MR) is 117 cm³/mol. The highest BCUT2D eigenvalue weighted by molar-refractivity contribution is 6.32. The lowest BCUT2D eigenvalue weighted by Crippen LogP contribution is -2.08. The lowest BCUT2D eigenvalue weighted by Gasteiger charge is -2.13. The number of nitro groups is 1. The molecule has 0 unspecified atom stereocenters. The zero-order valence-corrected chi connectivity index (χ0v) is 17.9. The first-order chi connectivity index (χ1) is 14.7. The molecule has 0 N–H and O–H groups in total.